The summed E-state index contributed by atoms with van der Waals surface area (Å²) >= 11 is 48.5. The van der Waals surface area contributed by atoms with Crippen LogP contribution in [0.25, 0.3) is 0 Å². The predicted molar refractivity (Wildman–Crippen MR) is 526 cm³/mol. The third kappa shape index (κ3) is 24.1. The van der Waals surface area contributed by atoms with Gasteiger partial charge in [-0.1, -0.05) is 334 Å². The molecule has 6 aliphatic rings. The molecule has 0 aliphatic carbocycles. The highest BCUT2D eigenvalue weighted by Gasteiger charge is 2.62. The maximum atomic E-state index is 14.1. The number of hydrogen-bond donors (Lipinski definition) is 5. The topological polar surface area (TPSA) is 215 Å². The van der Waals surface area contributed by atoms with Crippen molar-refractivity contribution in [2.75, 3.05) is 57.6 Å². The molecular formula is C95H109BrCl8N12O8Si2. The van der Waals surface area contributed by atoms with Crippen molar-refractivity contribution < 1.29 is 37.5 Å². The molecule has 0 unspecified atom stereocenters. The second kappa shape index (κ2) is 43.2. The van der Waals surface area contributed by atoms with E-state index >= 15 is 0 Å². The summed E-state index contributed by atoms with van der Waals surface area (Å²) in [4.78, 5) is 73.7. The van der Waals surface area contributed by atoms with E-state index in [0.717, 1.165) is 33.1 Å². The number of carbonyl (C=O) groups is 4. The minimum absolute atomic E-state index is 0.00518. The Morgan fingerprint density at radius 3 is 1.25 bits per heavy atom. The molecule has 2 amide bonds. The van der Waals surface area contributed by atoms with Gasteiger partial charge in [0, 0.05) is 38.3 Å². The lowest BCUT2D eigenvalue weighted by molar-refractivity contribution is -0.120. The molecule has 668 valence electrons. The van der Waals surface area contributed by atoms with Gasteiger partial charge in [0.05, 0.1) is 59.5 Å². The highest BCUT2D eigenvalue weighted by molar-refractivity contribution is 9.09. The number of aliphatic imine (C=N–C) groups is 3. The summed E-state index contributed by atoms with van der Waals surface area (Å²) in [5.74, 6) is 2.58. The Bertz CT molecular complexity index is 5110. The number of nitrogens with one attached hydrogen (secondary N) is 5. The Balaban J connectivity index is 0.000000202. The molecule has 6 atom stereocenters. The summed E-state index contributed by atoms with van der Waals surface area (Å²) in [6.07, 6.45) is 8.09. The van der Waals surface area contributed by atoms with Gasteiger partial charge in [-0.3, -0.25) is 34.8 Å². The molecule has 5 N–H and O–H groups in total. The Hall–Kier alpha value is -8.64. The van der Waals surface area contributed by atoms with Crippen molar-refractivity contribution in [3.63, 3.8) is 0 Å². The molecule has 8 aromatic rings. The summed E-state index contributed by atoms with van der Waals surface area (Å²) in [5.41, 5.74) is 1.79. The number of benzene rings is 8. The quantitative estimate of drug-likeness (QED) is 0.0113. The van der Waals surface area contributed by atoms with Crippen molar-refractivity contribution in [3.05, 3.63) is 302 Å². The van der Waals surface area contributed by atoms with Gasteiger partial charge in [0.15, 0.2) is 22.9 Å². The number of ether oxygens (including phenoxy) is 2. The molecule has 14 rings (SSSR count). The summed E-state index contributed by atoms with van der Waals surface area (Å²) in [5, 5.41) is 20.6. The highest BCUT2D eigenvalue weighted by Crippen LogP contribution is 2.45. The number of amidine groups is 1. The first-order valence-electron chi connectivity index (χ1n) is 41.0. The van der Waals surface area contributed by atoms with Crippen LogP contribution in [0.4, 0.5) is 0 Å². The van der Waals surface area contributed by atoms with Gasteiger partial charge in [-0.15, -0.1) is 23.2 Å². The zero-order valence-electron chi connectivity index (χ0n) is 72.6. The third-order valence-corrected chi connectivity index (χ3v) is 33.4. The van der Waals surface area contributed by atoms with Gasteiger partial charge in [0.2, 0.25) is 11.9 Å². The molecule has 20 nitrogen and oxygen atoms in total. The van der Waals surface area contributed by atoms with Gasteiger partial charge < -0.3 is 53.9 Å². The van der Waals surface area contributed by atoms with E-state index in [1.807, 2.05) is 180 Å². The summed E-state index contributed by atoms with van der Waals surface area (Å²) < 4.78 is 21.9. The number of amides is 2. The van der Waals surface area contributed by atoms with Gasteiger partial charge in [-0.25, -0.2) is 9.98 Å². The number of carbonyl (C=O) groups excluding carboxylic acids is 4. The van der Waals surface area contributed by atoms with Crippen LogP contribution in [-0.4, -0.2) is 184 Å². The van der Waals surface area contributed by atoms with E-state index in [9.17, 15) is 19.2 Å². The highest BCUT2D eigenvalue weighted by atomic mass is 79.9. The lowest BCUT2D eigenvalue weighted by atomic mass is 9.92. The van der Waals surface area contributed by atoms with Crippen molar-refractivity contribution in [2.45, 2.75) is 141 Å². The van der Waals surface area contributed by atoms with Crippen LogP contribution in [0.1, 0.15) is 101 Å². The van der Waals surface area contributed by atoms with Crippen molar-refractivity contribution in [2.24, 2.45) is 15.0 Å². The standard InChI is InChI=1S/C43H44Cl3N5O4Si.C28H32Cl3N5O2Si.C15H13BrO2.C8H18N2.CH2Cl2/c1-30-49-42-25-14-26-51(42)40(48-39(53)43(44,45)46)47-36(29-55-56(41(2,3)4,34-17-10-6-11-18-34)35-19-12-7-13-20-35)38(42)50(30)27-37(52)32-21-23-33(24-22-32)54-28-31-15-8-5-9-16-31;1-19-32-23-22(33-25(34-24(37)28(29,30)31)36-17-11-16-27(23,36)35-19)18-38-39(26(2,3)4,20-12-7-5-8-13-20)21-14-9-6-10-15-21;16-10-15(17)13-6-8-14(9-7-13)18-11-12-4-2-1-3-5-12;1-7(10(5)6)9-8(2,3)4;2-1-3/h5-25,36,38,49H,1,26-29H2,2-4H3,(H,47,48,53);5-16,22-23,32,35H,1,17-18H2,2-4H3,(H,33,34,37);1-9H,10-11H2;1-6H3;1H2/t36-,38-,42+;22-,23-,27+;;;/m00.../s1. The molecule has 6 heterocycles. The molecule has 0 saturated carbocycles. The predicted octanol–water partition coefficient (Wildman–Crippen LogP) is 17.0. The van der Waals surface area contributed by atoms with Crippen molar-refractivity contribution >= 4 is 187 Å². The third-order valence-electron chi connectivity index (χ3n) is 21.9. The van der Waals surface area contributed by atoms with Crippen molar-refractivity contribution in [1.82, 2.24) is 46.2 Å². The summed E-state index contributed by atoms with van der Waals surface area (Å²) in [6, 6.07) is 74.1. The van der Waals surface area contributed by atoms with Crippen LogP contribution >= 0.6 is 109 Å². The minimum Gasteiger partial charge on any atom is -0.489 e. The molecule has 6 aliphatic heterocycles. The molecule has 31 heteroatoms. The van der Waals surface area contributed by atoms with E-state index in [1.54, 1.807) is 36.4 Å². The fourth-order valence-corrected chi connectivity index (χ4v) is 25.9. The molecule has 8 aromatic carbocycles. The van der Waals surface area contributed by atoms with E-state index in [0.29, 0.717) is 66.1 Å². The molecule has 126 heavy (non-hydrogen) atoms. The fourth-order valence-electron chi connectivity index (χ4n) is 16.2. The van der Waals surface area contributed by atoms with Gasteiger partial charge in [-0.2, -0.15) is 0 Å². The smallest absolute Gasteiger partial charge is 0.278 e. The summed E-state index contributed by atoms with van der Waals surface area (Å²) in [7, 11) is -1.87. The molecule has 0 radical (unpaired) electrons. The van der Waals surface area contributed by atoms with Crippen LogP contribution in [0.15, 0.2) is 295 Å². The average Bonchev–Trinajstić information content (AvgIpc) is 1.65. The monoisotopic (exact) mass is 1960 g/mol. The molecule has 2 spiro atoms. The number of ketones is 2. The Morgan fingerprint density at radius 2 is 0.889 bits per heavy atom. The maximum Gasteiger partial charge on any atom is 0.278 e. The zero-order valence-corrected chi connectivity index (χ0v) is 82.3. The van der Waals surface area contributed by atoms with E-state index in [1.165, 1.54) is 10.4 Å². The van der Waals surface area contributed by atoms with Crippen LogP contribution in [0.5, 0.6) is 11.5 Å². The van der Waals surface area contributed by atoms with Crippen LogP contribution < -0.4 is 56.8 Å². The van der Waals surface area contributed by atoms with E-state index < -0.39 is 65.5 Å². The minimum atomic E-state index is -3.05. The summed E-state index contributed by atoms with van der Waals surface area (Å²) in [6.45, 7) is 32.4. The second-order valence-electron chi connectivity index (χ2n) is 33.8. The van der Waals surface area contributed by atoms with E-state index in [2.05, 4.69) is 202 Å². The lowest BCUT2D eigenvalue weighted by Gasteiger charge is -2.49. The Labute approximate surface area is 791 Å². The largest absolute Gasteiger partial charge is 0.489 e. The first-order valence-corrected chi connectivity index (χ1v) is 49.2. The molecule has 0 aromatic heterocycles. The number of nitrogens with zero attached hydrogens (tertiary/aromatic N) is 7. The molecule has 2 fully saturated rings. The first-order chi connectivity index (χ1) is 59.6. The number of halogens is 9. The molecule has 2 saturated heterocycles. The van der Waals surface area contributed by atoms with Crippen LogP contribution in [0.3, 0.4) is 0 Å². The van der Waals surface area contributed by atoms with Gasteiger partial charge >= 0.3 is 0 Å². The molecular weight excluding hydrogens is 1860 g/mol. The molecule has 0 bridgehead atoms. The normalized spacial score (nSPS) is 19.3. The van der Waals surface area contributed by atoms with Crippen LogP contribution in [0.2, 0.25) is 10.1 Å². The van der Waals surface area contributed by atoms with Crippen molar-refractivity contribution in [3.8, 4) is 11.5 Å². The lowest BCUT2D eigenvalue weighted by Crippen LogP contribution is -2.71. The van der Waals surface area contributed by atoms with Crippen molar-refractivity contribution in [1.29, 1.82) is 0 Å². The number of guanidine groups is 2. The van der Waals surface area contributed by atoms with Crippen LogP contribution in [-0.2, 0) is 31.7 Å². The Morgan fingerprint density at radius 1 is 0.532 bits per heavy atom. The van der Waals surface area contributed by atoms with E-state index in [-0.39, 0.29) is 64.3 Å². The van der Waals surface area contributed by atoms with Gasteiger partial charge in [-0.05, 0) is 130 Å². The van der Waals surface area contributed by atoms with Gasteiger partial charge in [0.1, 0.15) is 42.8 Å². The zero-order chi connectivity index (χ0) is 91.6. The Kier molecular flexibility index (Phi) is 34.1. The van der Waals surface area contributed by atoms with E-state index in [4.69, 9.17) is 121 Å². The fraction of sp³-hybridized carbons (Fsp3) is 0.337. The average molecular weight is 1970 g/mol. The number of Topliss-reactive ketones (excluding diaryl/α,β-unsaturated/α-hetero) is 2. The number of rotatable bonds is 21. The number of alkyl halides is 9. The van der Waals surface area contributed by atoms with Gasteiger partial charge in [0.25, 0.3) is 36.0 Å². The second-order valence-corrected chi connectivity index (χ2v) is 48.4. The first kappa shape index (κ1) is 99.5. The van der Waals surface area contributed by atoms with Crippen LogP contribution in [0, 0.1) is 0 Å². The SMILES string of the molecule is C=C1N[C@H]2[C@H](CO[Si](c3ccccc3)(c3ccccc3)C(C)(C)C)N=C(NC(=O)C(Cl)(Cl)Cl)N3CC=C[C@]23N1.C=C1N[C@]23C=CCN2C(NC(=O)C(Cl)(Cl)Cl)=N[C@@H](CO[Si](c2ccccc2)(c2ccccc2)C(C)(C)C)[C@@H]3N1CC(=O)c1ccc(OCc2ccccc2)cc1.CC(=NC(C)(C)C)N(C)C.ClCCl.O=C(CBr)c1ccc(OCc2ccccc2)cc1. The number of hydrogen-bond acceptors (Lipinski definition) is 17. The maximum absolute atomic E-state index is 14.1.